The molecule has 8 aromatic carbocycles. The van der Waals surface area contributed by atoms with Gasteiger partial charge in [-0.25, -0.2) is 0 Å². The van der Waals surface area contributed by atoms with Crippen LogP contribution in [-0.4, -0.2) is 0 Å². The molecule has 0 aliphatic heterocycles. The van der Waals surface area contributed by atoms with E-state index >= 15 is 0 Å². The van der Waals surface area contributed by atoms with Crippen LogP contribution in [0, 0.1) is 0 Å². The van der Waals surface area contributed by atoms with E-state index in [0.717, 1.165) is 17.1 Å². The van der Waals surface area contributed by atoms with Crippen molar-refractivity contribution in [1.29, 1.82) is 0 Å². The van der Waals surface area contributed by atoms with Crippen LogP contribution in [0.15, 0.2) is 212 Å². The molecule has 8 aromatic rings. The van der Waals surface area contributed by atoms with Gasteiger partial charge in [0.05, 0.1) is 5.41 Å². The van der Waals surface area contributed by atoms with E-state index in [9.17, 15) is 0 Å². The van der Waals surface area contributed by atoms with Crippen molar-refractivity contribution in [3.05, 3.63) is 235 Å². The zero-order chi connectivity index (χ0) is 33.3. The fraction of sp³-hybridized carbons (Fsp3) is 0.0204. The average molecular weight is 642 g/mol. The molecule has 238 valence electrons. The minimum Gasteiger partial charge on any atom is -0.310 e. The van der Waals surface area contributed by atoms with E-state index in [0.29, 0.717) is 0 Å². The fourth-order valence-electron chi connectivity index (χ4n) is 7.88. The Labute approximate surface area is 295 Å². The lowest BCUT2D eigenvalue weighted by atomic mass is 9.67. The Kier molecular flexibility index (Phi) is 7.44. The number of anilines is 3. The van der Waals surface area contributed by atoms with Crippen LogP contribution in [0.2, 0.25) is 0 Å². The van der Waals surface area contributed by atoms with E-state index in [1.54, 1.807) is 0 Å². The van der Waals surface area contributed by atoms with Crippen molar-refractivity contribution in [2.24, 2.45) is 0 Å². The Bertz CT molecular complexity index is 2350. The molecule has 1 aliphatic carbocycles. The second-order valence-corrected chi connectivity index (χ2v) is 12.9. The molecule has 0 unspecified atom stereocenters. The molecule has 9 rings (SSSR count). The highest BCUT2D eigenvalue weighted by atomic mass is 15.1. The second kappa shape index (κ2) is 12.5. The first-order valence-electron chi connectivity index (χ1n) is 17.3. The molecule has 0 spiro atoms. The van der Waals surface area contributed by atoms with Gasteiger partial charge in [0.25, 0.3) is 0 Å². The summed E-state index contributed by atoms with van der Waals surface area (Å²) < 4.78 is 0. The van der Waals surface area contributed by atoms with Gasteiger partial charge in [-0.05, 0) is 92.0 Å². The molecule has 0 bridgehead atoms. The second-order valence-electron chi connectivity index (χ2n) is 12.9. The summed E-state index contributed by atoms with van der Waals surface area (Å²) in [5.74, 6) is 0. The number of hydrogen-bond acceptors (Lipinski definition) is 1. The van der Waals surface area contributed by atoms with Crippen molar-refractivity contribution >= 4 is 17.1 Å². The minimum atomic E-state index is -0.456. The highest BCUT2D eigenvalue weighted by Crippen LogP contribution is 2.57. The third-order valence-electron chi connectivity index (χ3n) is 10.2. The Morgan fingerprint density at radius 2 is 0.700 bits per heavy atom. The highest BCUT2D eigenvalue weighted by Gasteiger charge is 2.46. The summed E-state index contributed by atoms with van der Waals surface area (Å²) in [6, 6.07) is 77.1. The van der Waals surface area contributed by atoms with E-state index in [1.807, 2.05) is 0 Å². The molecule has 0 N–H and O–H groups in total. The van der Waals surface area contributed by atoms with Crippen LogP contribution in [0.3, 0.4) is 0 Å². The molecule has 1 nitrogen and oxygen atoms in total. The van der Waals surface area contributed by atoms with Gasteiger partial charge in [-0.1, -0.05) is 176 Å². The number of rotatable bonds is 7. The van der Waals surface area contributed by atoms with Gasteiger partial charge in [0, 0.05) is 18.5 Å². The van der Waals surface area contributed by atoms with E-state index < -0.39 is 5.41 Å². The van der Waals surface area contributed by atoms with Gasteiger partial charge < -0.3 is 4.90 Å². The summed E-state index contributed by atoms with van der Waals surface area (Å²) in [5.41, 5.74) is 15.5. The summed E-state index contributed by atoms with van der Waals surface area (Å²) >= 11 is 0. The topological polar surface area (TPSA) is 3.24 Å². The van der Waals surface area contributed by atoms with Crippen molar-refractivity contribution < 1.29 is 1.43 Å². The smallest absolute Gasteiger partial charge is 0.0714 e. The van der Waals surface area contributed by atoms with Crippen molar-refractivity contribution in [3.8, 4) is 33.4 Å². The molecule has 1 heteroatoms. The summed E-state index contributed by atoms with van der Waals surface area (Å²) in [5, 5.41) is 0. The standard InChI is InChI=1S/C49H35N.H2/c1-5-15-36(16-6-1)37-25-27-38(28-26-37)39-29-31-43(32-30-39)50(42-21-11-4-12-22-42)44-33-34-46-45-23-13-14-24-47(45)49(48(46)35-44,40-17-7-2-8-18-40)41-19-9-3-10-20-41;/h1-35H;1H/i;1+2. The predicted octanol–water partition coefficient (Wildman–Crippen LogP) is 13.1. The largest absolute Gasteiger partial charge is 0.310 e. The van der Waals surface area contributed by atoms with E-state index in [4.69, 9.17) is 0 Å². The Hall–Kier alpha value is -6.44. The molecule has 0 radical (unpaired) electrons. The number of fused-ring (bicyclic) bond motifs is 3. The molecular weight excluding hydrogens is 603 g/mol. The SMILES string of the molecule is [3HH].c1ccc(-c2ccc(-c3ccc(N(c4ccccc4)c4ccc5c(c4)C(c4ccccc4)(c4ccccc4)c4ccccc4-5)cc3)cc2)cc1. The lowest BCUT2D eigenvalue weighted by Gasteiger charge is -2.35. The van der Waals surface area contributed by atoms with Crippen molar-refractivity contribution in [3.63, 3.8) is 0 Å². The normalized spacial score (nSPS) is 12.6. The van der Waals surface area contributed by atoms with E-state index in [-0.39, 0.29) is 1.43 Å². The van der Waals surface area contributed by atoms with Crippen LogP contribution >= 0.6 is 0 Å². The van der Waals surface area contributed by atoms with Gasteiger partial charge in [-0.15, -0.1) is 0 Å². The van der Waals surface area contributed by atoms with E-state index in [1.165, 1.54) is 55.6 Å². The molecule has 0 saturated carbocycles. The number of hydrogen-bond donors (Lipinski definition) is 0. The molecule has 0 aromatic heterocycles. The molecule has 0 fully saturated rings. The van der Waals surface area contributed by atoms with Gasteiger partial charge >= 0.3 is 0 Å². The molecule has 0 atom stereocenters. The van der Waals surface area contributed by atoms with Crippen molar-refractivity contribution in [2.75, 3.05) is 4.90 Å². The van der Waals surface area contributed by atoms with Gasteiger partial charge in [0.1, 0.15) is 0 Å². The van der Waals surface area contributed by atoms with Gasteiger partial charge in [-0.3, -0.25) is 0 Å². The van der Waals surface area contributed by atoms with Crippen molar-refractivity contribution in [1.82, 2.24) is 0 Å². The maximum atomic E-state index is 2.43. The summed E-state index contributed by atoms with van der Waals surface area (Å²) in [4.78, 5) is 2.38. The third-order valence-corrected chi connectivity index (χ3v) is 10.2. The molecule has 50 heavy (non-hydrogen) atoms. The molecule has 0 heterocycles. The fourth-order valence-corrected chi connectivity index (χ4v) is 7.88. The van der Waals surface area contributed by atoms with E-state index in [2.05, 4.69) is 217 Å². The Morgan fingerprint density at radius 1 is 0.300 bits per heavy atom. The van der Waals surface area contributed by atoms with Crippen LogP contribution in [0.1, 0.15) is 23.7 Å². The van der Waals surface area contributed by atoms with Crippen LogP contribution in [0.4, 0.5) is 17.1 Å². The van der Waals surface area contributed by atoms with Crippen molar-refractivity contribution in [2.45, 2.75) is 5.41 Å². The highest BCUT2D eigenvalue weighted by molar-refractivity contribution is 5.89. The van der Waals surface area contributed by atoms with Crippen LogP contribution in [0.5, 0.6) is 0 Å². The first-order chi connectivity index (χ1) is 24.8. The Balaban J connectivity index is 0.00000374. The maximum absolute atomic E-state index is 2.43. The minimum absolute atomic E-state index is 0. The lowest BCUT2D eigenvalue weighted by molar-refractivity contribution is 0.768. The first kappa shape index (κ1) is 29.7. The van der Waals surface area contributed by atoms with Crippen LogP contribution < -0.4 is 4.90 Å². The molecule has 0 saturated heterocycles. The summed E-state index contributed by atoms with van der Waals surface area (Å²) in [6.45, 7) is 0. The zero-order valence-corrected chi connectivity index (χ0v) is 27.7. The molecule has 1 aliphatic rings. The van der Waals surface area contributed by atoms with Crippen LogP contribution in [0.25, 0.3) is 33.4 Å². The number of nitrogens with zero attached hydrogens (tertiary/aromatic N) is 1. The number of para-hydroxylation sites is 1. The predicted molar refractivity (Wildman–Crippen MR) is 211 cm³/mol. The third kappa shape index (κ3) is 4.95. The monoisotopic (exact) mass is 641 g/mol. The van der Waals surface area contributed by atoms with Gasteiger partial charge in [-0.2, -0.15) is 0 Å². The lowest BCUT2D eigenvalue weighted by Crippen LogP contribution is -2.28. The number of benzene rings is 8. The first-order valence-corrected chi connectivity index (χ1v) is 17.3. The average Bonchev–Trinajstić information content (AvgIpc) is 3.50. The molecule has 0 amide bonds. The Morgan fingerprint density at radius 3 is 1.28 bits per heavy atom. The quantitative estimate of drug-likeness (QED) is 0.167. The summed E-state index contributed by atoms with van der Waals surface area (Å²) in [6.07, 6.45) is 0. The van der Waals surface area contributed by atoms with Crippen LogP contribution in [-0.2, 0) is 5.41 Å². The van der Waals surface area contributed by atoms with Gasteiger partial charge in [0.15, 0.2) is 0 Å². The maximum Gasteiger partial charge on any atom is 0.0714 e. The summed E-state index contributed by atoms with van der Waals surface area (Å²) in [7, 11) is 0. The zero-order valence-electron chi connectivity index (χ0n) is 27.7. The van der Waals surface area contributed by atoms with Gasteiger partial charge in [0.2, 0.25) is 0 Å². The molecular formula is C49H37N.